The van der Waals surface area contributed by atoms with Crippen LogP contribution in [0, 0.1) is 6.92 Å². The van der Waals surface area contributed by atoms with Crippen molar-refractivity contribution in [2.75, 3.05) is 13.7 Å². The van der Waals surface area contributed by atoms with Crippen molar-refractivity contribution in [2.24, 2.45) is 0 Å². The minimum Gasteiger partial charge on any atom is -0.481 e. The SMILES string of the molecule is COC1CC(CC(=O)O)N(C(=O)c2csc(-c3ccccc3C)n2)C1. The molecule has 3 rings (SSSR count). The molecule has 2 unspecified atom stereocenters. The number of benzene rings is 1. The predicted molar refractivity (Wildman–Crippen MR) is 94.8 cm³/mol. The van der Waals surface area contributed by atoms with Gasteiger partial charge in [-0.2, -0.15) is 0 Å². The van der Waals surface area contributed by atoms with Crippen molar-refractivity contribution in [1.82, 2.24) is 9.88 Å². The number of methoxy groups -OCH3 is 1. The van der Waals surface area contributed by atoms with Crippen LogP contribution in [0.15, 0.2) is 29.6 Å². The van der Waals surface area contributed by atoms with E-state index in [4.69, 9.17) is 9.84 Å². The minimum atomic E-state index is -0.918. The average molecular weight is 360 g/mol. The zero-order chi connectivity index (χ0) is 18.0. The number of aryl methyl sites for hydroxylation is 1. The summed E-state index contributed by atoms with van der Waals surface area (Å²) in [7, 11) is 1.58. The highest BCUT2D eigenvalue weighted by Gasteiger charge is 2.37. The van der Waals surface area contributed by atoms with Crippen molar-refractivity contribution < 1.29 is 19.4 Å². The molecule has 132 valence electrons. The topological polar surface area (TPSA) is 79.7 Å². The van der Waals surface area contributed by atoms with Gasteiger partial charge in [-0.3, -0.25) is 9.59 Å². The molecule has 6 nitrogen and oxygen atoms in total. The van der Waals surface area contributed by atoms with Gasteiger partial charge in [-0.05, 0) is 18.9 Å². The Kier molecular flexibility index (Phi) is 5.15. The zero-order valence-electron chi connectivity index (χ0n) is 14.1. The standard InChI is InChI=1S/C18H20N2O4S/c1-11-5-3-4-6-14(11)17-19-15(10-25-17)18(23)20-9-13(24-2)7-12(20)8-16(21)22/h3-6,10,12-13H,7-9H2,1-2H3,(H,21,22). The lowest BCUT2D eigenvalue weighted by molar-refractivity contribution is -0.138. The van der Waals surface area contributed by atoms with Gasteiger partial charge in [0, 0.05) is 30.6 Å². The number of carboxylic acids is 1. The van der Waals surface area contributed by atoms with Crippen LogP contribution >= 0.6 is 11.3 Å². The molecule has 2 heterocycles. The van der Waals surface area contributed by atoms with E-state index in [0.29, 0.717) is 18.7 Å². The third-order valence-corrected chi connectivity index (χ3v) is 5.35. The zero-order valence-corrected chi connectivity index (χ0v) is 15.0. The molecular weight excluding hydrogens is 340 g/mol. The molecule has 1 aliphatic heterocycles. The molecule has 25 heavy (non-hydrogen) atoms. The van der Waals surface area contributed by atoms with Gasteiger partial charge in [0.05, 0.1) is 12.5 Å². The van der Waals surface area contributed by atoms with Crippen LogP contribution in [-0.4, -0.2) is 52.7 Å². The van der Waals surface area contributed by atoms with E-state index in [1.807, 2.05) is 31.2 Å². The first-order valence-electron chi connectivity index (χ1n) is 8.06. The lowest BCUT2D eigenvalue weighted by atomic mass is 10.1. The normalized spacial score (nSPS) is 20.0. The summed E-state index contributed by atoms with van der Waals surface area (Å²) in [4.78, 5) is 30.0. The molecule has 2 aromatic rings. The first-order valence-corrected chi connectivity index (χ1v) is 8.94. The van der Waals surface area contributed by atoms with Gasteiger partial charge in [0.2, 0.25) is 0 Å². The van der Waals surface area contributed by atoms with Gasteiger partial charge in [0.15, 0.2) is 0 Å². The Hall–Kier alpha value is -2.25. The number of ether oxygens (including phenoxy) is 1. The van der Waals surface area contributed by atoms with Gasteiger partial charge in [-0.25, -0.2) is 4.98 Å². The third kappa shape index (κ3) is 3.72. The summed E-state index contributed by atoms with van der Waals surface area (Å²) in [5, 5.41) is 11.6. The molecule has 1 N–H and O–H groups in total. The maximum Gasteiger partial charge on any atom is 0.305 e. The number of carbonyl (C=O) groups excluding carboxylic acids is 1. The summed E-state index contributed by atoms with van der Waals surface area (Å²) in [5.74, 6) is -1.15. The third-order valence-electron chi connectivity index (χ3n) is 4.48. The van der Waals surface area contributed by atoms with Crippen molar-refractivity contribution in [2.45, 2.75) is 31.9 Å². The van der Waals surface area contributed by atoms with Gasteiger partial charge in [-0.15, -0.1) is 11.3 Å². The number of carbonyl (C=O) groups is 2. The maximum absolute atomic E-state index is 12.9. The van der Waals surface area contributed by atoms with E-state index in [1.165, 1.54) is 11.3 Å². The number of carboxylic acid groups (broad SMARTS) is 1. The second-order valence-corrected chi connectivity index (χ2v) is 7.01. The van der Waals surface area contributed by atoms with E-state index in [1.54, 1.807) is 17.4 Å². The number of likely N-dealkylation sites (tertiary alicyclic amines) is 1. The molecule has 1 aliphatic rings. The van der Waals surface area contributed by atoms with E-state index in [0.717, 1.165) is 16.1 Å². The van der Waals surface area contributed by atoms with Crippen LogP contribution < -0.4 is 0 Å². The van der Waals surface area contributed by atoms with Crippen molar-refractivity contribution in [3.05, 3.63) is 40.9 Å². The Balaban J connectivity index is 1.83. The van der Waals surface area contributed by atoms with Crippen molar-refractivity contribution in [3.8, 4) is 10.6 Å². The van der Waals surface area contributed by atoms with E-state index in [-0.39, 0.29) is 24.5 Å². The molecule has 1 fully saturated rings. The van der Waals surface area contributed by atoms with Gasteiger partial charge < -0.3 is 14.7 Å². The second kappa shape index (κ2) is 7.33. The molecule has 7 heteroatoms. The van der Waals surface area contributed by atoms with Gasteiger partial charge >= 0.3 is 5.97 Å². The van der Waals surface area contributed by atoms with E-state index < -0.39 is 5.97 Å². The number of hydrogen-bond donors (Lipinski definition) is 1. The molecule has 0 bridgehead atoms. The van der Waals surface area contributed by atoms with Crippen molar-refractivity contribution in [1.29, 1.82) is 0 Å². The minimum absolute atomic E-state index is 0.0829. The lowest BCUT2D eigenvalue weighted by Crippen LogP contribution is -2.37. The summed E-state index contributed by atoms with van der Waals surface area (Å²) >= 11 is 1.42. The van der Waals surface area contributed by atoms with E-state index in [9.17, 15) is 9.59 Å². The summed E-state index contributed by atoms with van der Waals surface area (Å²) in [6.45, 7) is 2.40. The number of thiazole rings is 1. The van der Waals surface area contributed by atoms with Crippen LogP contribution in [0.25, 0.3) is 10.6 Å². The average Bonchev–Trinajstić information content (AvgIpc) is 3.21. The Labute approximate surface area is 150 Å². The van der Waals surface area contributed by atoms with Gasteiger partial charge in [-0.1, -0.05) is 24.3 Å². The molecule has 1 aromatic carbocycles. The number of amides is 1. The van der Waals surface area contributed by atoms with E-state index in [2.05, 4.69) is 4.98 Å². The molecule has 0 aliphatic carbocycles. The highest BCUT2D eigenvalue weighted by atomic mass is 32.1. The predicted octanol–water partition coefficient (Wildman–Crippen LogP) is 2.82. The maximum atomic E-state index is 12.9. The number of aromatic nitrogens is 1. The van der Waals surface area contributed by atoms with Gasteiger partial charge in [0.25, 0.3) is 5.91 Å². The fraction of sp³-hybridized carbons (Fsp3) is 0.389. The number of aliphatic carboxylic acids is 1. The second-order valence-electron chi connectivity index (χ2n) is 6.16. The first kappa shape index (κ1) is 17.6. The van der Waals surface area contributed by atoms with Crippen LogP contribution in [0.1, 0.15) is 28.9 Å². The highest BCUT2D eigenvalue weighted by molar-refractivity contribution is 7.13. The smallest absolute Gasteiger partial charge is 0.305 e. The molecule has 0 saturated carbocycles. The largest absolute Gasteiger partial charge is 0.481 e. The van der Waals surface area contributed by atoms with Crippen LogP contribution in [0.4, 0.5) is 0 Å². The summed E-state index contributed by atoms with van der Waals surface area (Å²) in [6.07, 6.45) is 0.312. The van der Waals surface area contributed by atoms with Crippen LogP contribution in [0.5, 0.6) is 0 Å². The molecule has 0 spiro atoms. The fourth-order valence-electron chi connectivity index (χ4n) is 3.14. The Bertz CT molecular complexity index is 789. The number of rotatable bonds is 5. The molecule has 2 atom stereocenters. The molecule has 1 saturated heterocycles. The highest BCUT2D eigenvalue weighted by Crippen LogP contribution is 2.29. The monoisotopic (exact) mass is 360 g/mol. The quantitative estimate of drug-likeness (QED) is 0.887. The molecule has 1 aromatic heterocycles. The fourth-order valence-corrected chi connectivity index (χ4v) is 4.03. The van der Waals surface area contributed by atoms with Gasteiger partial charge in [0.1, 0.15) is 10.7 Å². The Morgan fingerprint density at radius 3 is 2.84 bits per heavy atom. The van der Waals surface area contributed by atoms with Crippen molar-refractivity contribution in [3.63, 3.8) is 0 Å². The van der Waals surface area contributed by atoms with Crippen molar-refractivity contribution >= 4 is 23.2 Å². The van der Waals surface area contributed by atoms with Crippen LogP contribution in [0.3, 0.4) is 0 Å². The van der Waals surface area contributed by atoms with E-state index >= 15 is 0 Å². The summed E-state index contributed by atoms with van der Waals surface area (Å²) in [6, 6.07) is 7.53. The van der Waals surface area contributed by atoms with Crippen LogP contribution in [0.2, 0.25) is 0 Å². The Morgan fingerprint density at radius 2 is 2.16 bits per heavy atom. The van der Waals surface area contributed by atoms with Crippen LogP contribution in [-0.2, 0) is 9.53 Å². The number of nitrogens with zero attached hydrogens (tertiary/aromatic N) is 2. The summed E-state index contributed by atoms with van der Waals surface area (Å²) < 4.78 is 5.32. The number of hydrogen-bond acceptors (Lipinski definition) is 5. The molecular formula is C18H20N2O4S. The first-order chi connectivity index (χ1) is 12.0. The summed E-state index contributed by atoms with van der Waals surface area (Å²) in [5.41, 5.74) is 2.46. The molecule has 1 amide bonds. The molecule has 0 radical (unpaired) electrons. The lowest BCUT2D eigenvalue weighted by Gasteiger charge is -2.22. The Morgan fingerprint density at radius 1 is 1.40 bits per heavy atom.